The van der Waals surface area contributed by atoms with Crippen LogP contribution < -0.4 is 14.4 Å². The Labute approximate surface area is 188 Å². The van der Waals surface area contributed by atoms with Crippen LogP contribution in [0.2, 0.25) is 0 Å². The summed E-state index contributed by atoms with van der Waals surface area (Å²) in [6.07, 6.45) is 0. The first-order chi connectivity index (χ1) is 15.9. The Morgan fingerprint density at radius 1 is 0.909 bits per heavy atom. The molecule has 1 amide bonds. The molecule has 0 aromatic heterocycles. The normalized spacial score (nSPS) is 17.3. The van der Waals surface area contributed by atoms with E-state index in [-0.39, 0.29) is 16.8 Å². The number of Topliss-reactive ketones (excluding diaryl/α,β-unsaturated/α-hetero) is 1. The standard InChI is InChI=1S/C25H19F2NO5/c1-32-19-11-8-15(12-20(19)33-2)23(29)21-22(14-6-4-3-5-7-14)28(25(31)24(21)30)18-10-9-16(26)13-17(18)27/h3-13,22,29H,1-2H3/b23-21+. The predicted octanol–water partition coefficient (Wildman–Crippen LogP) is 4.61. The molecule has 0 radical (unpaired) electrons. The highest BCUT2D eigenvalue weighted by molar-refractivity contribution is 6.51. The van der Waals surface area contributed by atoms with Gasteiger partial charge in [0.2, 0.25) is 0 Å². The first kappa shape index (κ1) is 22.0. The van der Waals surface area contributed by atoms with Crippen molar-refractivity contribution in [2.75, 3.05) is 19.1 Å². The average molecular weight is 451 g/mol. The number of amides is 1. The molecular formula is C25H19F2NO5. The van der Waals surface area contributed by atoms with Gasteiger partial charge in [0.05, 0.1) is 31.5 Å². The van der Waals surface area contributed by atoms with E-state index in [1.165, 1.54) is 26.4 Å². The Morgan fingerprint density at radius 3 is 2.24 bits per heavy atom. The Bertz CT molecular complexity index is 1270. The number of carbonyl (C=O) groups is 2. The minimum absolute atomic E-state index is 0.200. The topological polar surface area (TPSA) is 76.1 Å². The second-order valence-corrected chi connectivity index (χ2v) is 7.25. The Balaban J connectivity index is 1.95. The van der Waals surface area contributed by atoms with Gasteiger partial charge in [-0.15, -0.1) is 0 Å². The lowest BCUT2D eigenvalue weighted by molar-refractivity contribution is -0.132. The number of ether oxygens (including phenoxy) is 2. The number of hydrogen-bond donors (Lipinski definition) is 1. The molecule has 0 bridgehead atoms. The van der Waals surface area contributed by atoms with Crippen LogP contribution in [0.3, 0.4) is 0 Å². The lowest BCUT2D eigenvalue weighted by atomic mass is 9.95. The van der Waals surface area contributed by atoms with Crippen molar-refractivity contribution in [2.45, 2.75) is 6.04 Å². The third-order valence-corrected chi connectivity index (χ3v) is 5.39. The summed E-state index contributed by atoms with van der Waals surface area (Å²) < 4.78 is 38.6. The molecule has 3 aromatic rings. The summed E-state index contributed by atoms with van der Waals surface area (Å²) in [6.45, 7) is 0. The number of nitrogens with zero attached hydrogens (tertiary/aromatic N) is 1. The fourth-order valence-electron chi connectivity index (χ4n) is 3.85. The van der Waals surface area contributed by atoms with Crippen molar-refractivity contribution in [1.29, 1.82) is 0 Å². The molecule has 1 fully saturated rings. The van der Waals surface area contributed by atoms with Crippen molar-refractivity contribution in [3.8, 4) is 11.5 Å². The Kier molecular flexibility index (Phi) is 5.83. The van der Waals surface area contributed by atoms with Crippen LogP contribution in [-0.4, -0.2) is 31.0 Å². The van der Waals surface area contributed by atoms with E-state index in [1.54, 1.807) is 36.4 Å². The molecule has 1 saturated heterocycles. The monoisotopic (exact) mass is 451 g/mol. The number of ketones is 1. The van der Waals surface area contributed by atoms with Crippen LogP contribution in [0.25, 0.3) is 5.76 Å². The van der Waals surface area contributed by atoms with Crippen LogP contribution in [-0.2, 0) is 9.59 Å². The van der Waals surface area contributed by atoms with E-state index in [0.29, 0.717) is 23.1 Å². The van der Waals surface area contributed by atoms with Gasteiger partial charge in [-0.25, -0.2) is 8.78 Å². The quantitative estimate of drug-likeness (QED) is 0.348. The summed E-state index contributed by atoms with van der Waals surface area (Å²) in [7, 11) is 2.87. The van der Waals surface area contributed by atoms with Gasteiger partial charge in [0, 0.05) is 11.6 Å². The van der Waals surface area contributed by atoms with Gasteiger partial charge in [-0.1, -0.05) is 30.3 Å². The molecule has 3 aromatic carbocycles. The fraction of sp³-hybridized carbons (Fsp3) is 0.120. The number of aliphatic hydroxyl groups is 1. The molecule has 0 spiro atoms. The van der Waals surface area contributed by atoms with Gasteiger partial charge in [0.25, 0.3) is 11.7 Å². The van der Waals surface area contributed by atoms with Gasteiger partial charge in [-0.2, -0.15) is 0 Å². The van der Waals surface area contributed by atoms with Crippen LogP contribution in [0.1, 0.15) is 17.2 Å². The van der Waals surface area contributed by atoms with E-state index in [9.17, 15) is 23.5 Å². The number of anilines is 1. The SMILES string of the molecule is COc1ccc(/C(O)=C2\C(=O)C(=O)N(c3ccc(F)cc3F)C2c2ccccc2)cc1OC. The number of aliphatic hydroxyl groups excluding tert-OH is 1. The van der Waals surface area contributed by atoms with Gasteiger partial charge < -0.3 is 14.6 Å². The average Bonchev–Trinajstić information content (AvgIpc) is 3.09. The molecule has 0 saturated carbocycles. The minimum Gasteiger partial charge on any atom is -0.507 e. The number of carbonyl (C=O) groups excluding carboxylic acids is 2. The second-order valence-electron chi connectivity index (χ2n) is 7.25. The number of methoxy groups -OCH3 is 2. The summed E-state index contributed by atoms with van der Waals surface area (Å²) >= 11 is 0. The van der Waals surface area contributed by atoms with E-state index in [0.717, 1.165) is 17.0 Å². The molecule has 1 unspecified atom stereocenters. The smallest absolute Gasteiger partial charge is 0.300 e. The summed E-state index contributed by atoms with van der Waals surface area (Å²) in [6, 6.07) is 14.5. The number of hydrogen-bond acceptors (Lipinski definition) is 5. The molecule has 1 aliphatic rings. The molecule has 4 rings (SSSR count). The molecule has 33 heavy (non-hydrogen) atoms. The minimum atomic E-state index is -1.14. The molecule has 6 nitrogen and oxygen atoms in total. The third kappa shape index (κ3) is 3.80. The number of halogens is 2. The maximum Gasteiger partial charge on any atom is 0.300 e. The largest absolute Gasteiger partial charge is 0.507 e. The van der Waals surface area contributed by atoms with E-state index >= 15 is 0 Å². The number of rotatable bonds is 5. The van der Waals surface area contributed by atoms with Crippen LogP contribution in [0, 0.1) is 11.6 Å². The van der Waals surface area contributed by atoms with Crippen molar-refractivity contribution in [3.63, 3.8) is 0 Å². The van der Waals surface area contributed by atoms with E-state index in [2.05, 4.69) is 0 Å². The molecule has 8 heteroatoms. The zero-order valence-electron chi connectivity index (χ0n) is 17.7. The van der Waals surface area contributed by atoms with Crippen LogP contribution in [0.5, 0.6) is 11.5 Å². The lowest BCUT2D eigenvalue weighted by Crippen LogP contribution is -2.30. The van der Waals surface area contributed by atoms with Crippen LogP contribution in [0.4, 0.5) is 14.5 Å². The maximum absolute atomic E-state index is 14.7. The van der Waals surface area contributed by atoms with Crippen LogP contribution >= 0.6 is 0 Å². The second kappa shape index (κ2) is 8.74. The highest BCUT2D eigenvalue weighted by Crippen LogP contribution is 2.43. The predicted molar refractivity (Wildman–Crippen MR) is 117 cm³/mol. The summed E-state index contributed by atoms with van der Waals surface area (Å²) in [4.78, 5) is 27.0. The van der Waals surface area contributed by atoms with Crippen molar-refractivity contribution >= 4 is 23.1 Å². The van der Waals surface area contributed by atoms with Gasteiger partial charge in [0.1, 0.15) is 17.4 Å². The molecule has 168 valence electrons. The van der Waals surface area contributed by atoms with Gasteiger partial charge in [0.15, 0.2) is 11.5 Å². The molecule has 1 aliphatic heterocycles. The molecule has 1 atom stereocenters. The van der Waals surface area contributed by atoms with Gasteiger partial charge in [-0.05, 0) is 35.9 Å². The first-order valence-corrected chi connectivity index (χ1v) is 9.90. The fourth-order valence-corrected chi connectivity index (χ4v) is 3.85. The van der Waals surface area contributed by atoms with E-state index in [1.807, 2.05) is 0 Å². The van der Waals surface area contributed by atoms with Crippen LogP contribution in [0.15, 0.2) is 72.3 Å². The highest BCUT2D eigenvalue weighted by atomic mass is 19.1. The van der Waals surface area contributed by atoms with Gasteiger partial charge in [-0.3, -0.25) is 14.5 Å². The van der Waals surface area contributed by atoms with E-state index in [4.69, 9.17) is 9.47 Å². The summed E-state index contributed by atoms with van der Waals surface area (Å²) in [5.74, 6) is -3.64. The Morgan fingerprint density at radius 2 is 1.61 bits per heavy atom. The van der Waals surface area contributed by atoms with Crippen molar-refractivity contribution in [1.82, 2.24) is 0 Å². The maximum atomic E-state index is 14.7. The number of benzene rings is 3. The third-order valence-electron chi connectivity index (χ3n) is 5.39. The van der Waals surface area contributed by atoms with Crippen molar-refractivity contribution < 1.29 is 33.0 Å². The Hall–Kier alpha value is -4.20. The van der Waals surface area contributed by atoms with E-state index < -0.39 is 35.1 Å². The van der Waals surface area contributed by atoms with Crippen molar-refractivity contribution in [3.05, 3.63) is 95.1 Å². The molecule has 0 aliphatic carbocycles. The molecular weight excluding hydrogens is 432 g/mol. The zero-order chi connectivity index (χ0) is 23.7. The van der Waals surface area contributed by atoms with Crippen molar-refractivity contribution in [2.24, 2.45) is 0 Å². The molecule has 1 N–H and O–H groups in total. The lowest BCUT2D eigenvalue weighted by Gasteiger charge is -2.25. The summed E-state index contributed by atoms with van der Waals surface area (Å²) in [5.41, 5.74) is 0.148. The summed E-state index contributed by atoms with van der Waals surface area (Å²) in [5, 5.41) is 11.1. The zero-order valence-corrected chi connectivity index (χ0v) is 17.7. The van der Waals surface area contributed by atoms with Gasteiger partial charge >= 0.3 is 0 Å². The first-order valence-electron chi connectivity index (χ1n) is 9.90. The highest BCUT2D eigenvalue weighted by Gasteiger charge is 2.47. The molecule has 1 heterocycles.